The van der Waals surface area contributed by atoms with Crippen molar-refractivity contribution in [3.63, 3.8) is 0 Å². The van der Waals surface area contributed by atoms with Gasteiger partial charge in [-0.2, -0.15) is 0 Å². The van der Waals surface area contributed by atoms with Crippen LogP contribution in [0.3, 0.4) is 0 Å². The molecule has 0 aromatic carbocycles. The molecule has 0 spiro atoms. The van der Waals surface area contributed by atoms with Gasteiger partial charge in [0.1, 0.15) is 0 Å². The number of nitrogens with zero attached hydrogens (tertiary/aromatic N) is 2. The highest BCUT2D eigenvalue weighted by Gasteiger charge is 2.42. The minimum Gasteiger partial charge on any atom is -0.353 e. The molecule has 5 heteroatoms. The highest BCUT2D eigenvalue weighted by Crippen LogP contribution is 2.36. The quantitative estimate of drug-likeness (QED) is 0.838. The Labute approximate surface area is 157 Å². The minimum absolute atomic E-state index is 0.250. The molecule has 4 rings (SSSR count). The summed E-state index contributed by atoms with van der Waals surface area (Å²) in [5, 5.41) is 3.37. The van der Waals surface area contributed by atoms with E-state index in [1.54, 1.807) is 0 Å². The maximum Gasteiger partial charge on any atom is 0.236 e. The van der Waals surface area contributed by atoms with Gasteiger partial charge in [0.05, 0.1) is 6.54 Å². The van der Waals surface area contributed by atoms with Crippen molar-refractivity contribution in [2.24, 2.45) is 5.92 Å². The van der Waals surface area contributed by atoms with Gasteiger partial charge in [-0.3, -0.25) is 14.5 Å². The molecule has 26 heavy (non-hydrogen) atoms. The lowest BCUT2D eigenvalue weighted by molar-refractivity contribution is -0.135. The van der Waals surface area contributed by atoms with E-state index in [9.17, 15) is 9.59 Å². The van der Waals surface area contributed by atoms with Gasteiger partial charge in [-0.25, -0.2) is 0 Å². The van der Waals surface area contributed by atoms with E-state index in [-0.39, 0.29) is 5.92 Å². The Morgan fingerprint density at radius 2 is 1.42 bits per heavy atom. The number of nitrogens with one attached hydrogen (secondary N) is 1. The normalized spacial score (nSPS) is 33.2. The first-order chi connectivity index (χ1) is 12.7. The van der Waals surface area contributed by atoms with E-state index in [0.717, 1.165) is 51.6 Å². The lowest BCUT2D eigenvalue weighted by Crippen LogP contribution is -2.54. The lowest BCUT2D eigenvalue weighted by atomic mass is 9.88. The molecule has 0 unspecified atom stereocenters. The maximum atomic E-state index is 12.7. The predicted octanol–water partition coefficient (Wildman–Crippen LogP) is 2.69. The molecule has 2 bridgehead atoms. The Hall–Kier alpha value is -1.10. The second kappa shape index (κ2) is 8.28. The first-order valence-corrected chi connectivity index (χ1v) is 11.0. The number of fused-ring (bicyclic) bond motifs is 2. The van der Waals surface area contributed by atoms with Crippen molar-refractivity contribution < 1.29 is 9.59 Å². The molecule has 2 amide bonds. The Balaban J connectivity index is 1.28. The predicted molar refractivity (Wildman–Crippen MR) is 102 cm³/mol. The van der Waals surface area contributed by atoms with Crippen LogP contribution in [-0.4, -0.2) is 59.4 Å². The van der Waals surface area contributed by atoms with E-state index in [0.29, 0.717) is 36.5 Å². The molecule has 0 aromatic heterocycles. The second-order valence-electron chi connectivity index (χ2n) is 9.01. The van der Waals surface area contributed by atoms with Crippen LogP contribution in [-0.2, 0) is 9.59 Å². The fourth-order valence-electron chi connectivity index (χ4n) is 5.73. The molecule has 4 fully saturated rings. The fraction of sp³-hybridized carbons (Fsp3) is 0.905. The summed E-state index contributed by atoms with van der Waals surface area (Å²) in [6.07, 6.45) is 13.9. The molecule has 5 nitrogen and oxygen atoms in total. The van der Waals surface area contributed by atoms with Crippen molar-refractivity contribution in [2.75, 3.05) is 19.6 Å². The van der Waals surface area contributed by atoms with Gasteiger partial charge in [0, 0.05) is 37.1 Å². The van der Waals surface area contributed by atoms with Gasteiger partial charge in [0.2, 0.25) is 11.8 Å². The molecule has 1 N–H and O–H groups in total. The Bertz CT molecular complexity index is 497. The third kappa shape index (κ3) is 4.08. The lowest BCUT2D eigenvalue weighted by Gasteiger charge is -2.40. The summed E-state index contributed by atoms with van der Waals surface area (Å²) in [5.74, 6) is 0.873. The molecule has 4 aliphatic rings. The monoisotopic (exact) mass is 361 g/mol. The zero-order valence-corrected chi connectivity index (χ0v) is 16.1. The van der Waals surface area contributed by atoms with E-state index in [1.165, 1.54) is 38.5 Å². The molecule has 1 saturated carbocycles. The van der Waals surface area contributed by atoms with Gasteiger partial charge in [-0.05, 0) is 57.8 Å². The van der Waals surface area contributed by atoms with E-state index in [4.69, 9.17) is 0 Å². The van der Waals surface area contributed by atoms with Crippen LogP contribution in [0.15, 0.2) is 0 Å². The van der Waals surface area contributed by atoms with Crippen molar-refractivity contribution >= 4 is 11.8 Å². The van der Waals surface area contributed by atoms with Crippen molar-refractivity contribution in [1.29, 1.82) is 0 Å². The summed E-state index contributed by atoms with van der Waals surface area (Å²) in [7, 11) is 0. The number of rotatable bonds is 4. The zero-order chi connectivity index (χ0) is 17.9. The van der Waals surface area contributed by atoms with Gasteiger partial charge in [-0.15, -0.1) is 0 Å². The molecule has 3 heterocycles. The smallest absolute Gasteiger partial charge is 0.236 e. The largest absolute Gasteiger partial charge is 0.353 e. The Morgan fingerprint density at radius 1 is 0.808 bits per heavy atom. The van der Waals surface area contributed by atoms with Crippen LogP contribution in [0, 0.1) is 5.92 Å². The molecular formula is C21H35N3O2. The summed E-state index contributed by atoms with van der Waals surface area (Å²) < 4.78 is 0. The molecule has 3 aliphatic heterocycles. The summed E-state index contributed by atoms with van der Waals surface area (Å²) in [6.45, 7) is 2.49. The van der Waals surface area contributed by atoms with Gasteiger partial charge < -0.3 is 10.2 Å². The third-order valence-corrected chi connectivity index (χ3v) is 7.23. The third-order valence-electron chi connectivity index (χ3n) is 7.23. The first-order valence-electron chi connectivity index (χ1n) is 11.0. The minimum atomic E-state index is 0.250. The van der Waals surface area contributed by atoms with Crippen LogP contribution in [0.25, 0.3) is 0 Å². The number of hydrogen-bond acceptors (Lipinski definition) is 3. The van der Waals surface area contributed by atoms with Crippen molar-refractivity contribution in [3.8, 4) is 0 Å². The Kier molecular flexibility index (Phi) is 5.82. The SMILES string of the molecule is O=C(NC1C[C@H]2CC[C@H](C1)N2CC(=O)N1CCCCC1)C1CCCCC1. The number of hydrogen-bond donors (Lipinski definition) is 1. The fourth-order valence-corrected chi connectivity index (χ4v) is 5.73. The standard InChI is InChI=1S/C21H35N3O2/c25-20(23-11-5-2-6-12-23)15-24-18-9-10-19(24)14-17(13-18)22-21(26)16-7-3-1-4-8-16/h16-19H,1-15H2,(H,22,26)/t18-,19-/m1/s1. The maximum absolute atomic E-state index is 12.7. The molecule has 2 atom stereocenters. The van der Waals surface area contributed by atoms with Gasteiger partial charge in [-0.1, -0.05) is 19.3 Å². The number of piperidine rings is 2. The first kappa shape index (κ1) is 18.3. The van der Waals surface area contributed by atoms with Crippen LogP contribution in [0.4, 0.5) is 0 Å². The van der Waals surface area contributed by atoms with Crippen LogP contribution in [0.2, 0.25) is 0 Å². The second-order valence-corrected chi connectivity index (χ2v) is 9.01. The van der Waals surface area contributed by atoms with E-state index in [2.05, 4.69) is 15.1 Å². The summed E-state index contributed by atoms with van der Waals surface area (Å²) in [5.41, 5.74) is 0. The molecule has 0 aromatic rings. The highest BCUT2D eigenvalue weighted by molar-refractivity contribution is 5.79. The van der Waals surface area contributed by atoms with Crippen molar-refractivity contribution in [3.05, 3.63) is 0 Å². The summed E-state index contributed by atoms with van der Waals surface area (Å²) in [4.78, 5) is 29.8. The topological polar surface area (TPSA) is 52.7 Å². The Morgan fingerprint density at radius 3 is 2.08 bits per heavy atom. The zero-order valence-electron chi connectivity index (χ0n) is 16.1. The number of carbonyl (C=O) groups is 2. The van der Waals surface area contributed by atoms with Crippen molar-refractivity contribution in [1.82, 2.24) is 15.1 Å². The summed E-state index contributed by atoms with van der Waals surface area (Å²) >= 11 is 0. The van der Waals surface area contributed by atoms with E-state index < -0.39 is 0 Å². The van der Waals surface area contributed by atoms with Gasteiger partial charge in [0.25, 0.3) is 0 Å². The highest BCUT2D eigenvalue weighted by atomic mass is 16.2. The van der Waals surface area contributed by atoms with Crippen LogP contribution in [0.1, 0.15) is 77.0 Å². The van der Waals surface area contributed by atoms with Crippen molar-refractivity contribution in [2.45, 2.75) is 95.2 Å². The van der Waals surface area contributed by atoms with Gasteiger partial charge >= 0.3 is 0 Å². The molecule has 1 aliphatic carbocycles. The summed E-state index contributed by atoms with van der Waals surface area (Å²) in [6, 6.07) is 1.29. The number of likely N-dealkylation sites (tertiary alicyclic amines) is 1. The molecule has 0 radical (unpaired) electrons. The van der Waals surface area contributed by atoms with Crippen LogP contribution < -0.4 is 5.32 Å². The van der Waals surface area contributed by atoms with E-state index >= 15 is 0 Å². The average Bonchev–Trinajstić information content (AvgIpc) is 2.91. The number of carbonyl (C=O) groups excluding carboxylic acids is 2. The van der Waals surface area contributed by atoms with Crippen LogP contribution in [0.5, 0.6) is 0 Å². The molecular weight excluding hydrogens is 326 g/mol. The van der Waals surface area contributed by atoms with Crippen LogP contribution >= 0.6 is 0 Å². The number of amides is 2. The average molecular weight is 362 g/mol. The van der Waals surface area contributed by atoms with Gasteiger partial charge in [0.15, 0.2) is 0 Å². The van der Waals surface area contributed by atoms with E-state index in [1.807, 2.05) is 0 Å². The molecule has 3 saturated heterocycles. The molecule has 146 valence electrons.